The highest BCUT2D eigenvalue weighted by Crippen LogP contribution is 2.13. The van der Waals surface area contributed by atoms with Gasteiger partial charge in [-0.15, -0.1) is 5.10 Å². The molecule has 0 saturated heterocycles. The third kappa shape index (κ3) is 3.74. The van der Waals surface area contributed by atoms with Crippen molar-refractivity contribution in [2.24, 2.45) is 0 Å². The largest absolute Gasteiger partial charge is 0.497 e. The Morgan fingerprint density at radius 3 is 2.36 bits per heavy atom. The molecule has 0 atom stereocenters. The number of benzene rings is 2. The van der Waals surface area contributed by atoms with Crippen LogP contribution in [0.15, 0.2) is 63.8 Å². The second kappa shape index (κ2) is 7.00. The first-order valence-corrected chi connectivity index (χ1v) is 7.60. The summed E-state index contributed by atoms with van der Waals surface area (Å²) in [6, 6.07) is 14.0. The second-order valence-corrected chi connectivity index (χ2v) is 5.32. The van der Waals surface area contributed by atoms with Crippen molar-refractivity contribution in [3.05, 3.63) is 82.2 Å². The van der Waals surface area contributed by atoms with Gasteiger partial charge in [-0.1, -0.05) is 18.2 Å². The van der Waals surface area contributed by atoms with Crippen LogP contribution in [0.4, 0.5) is 0 Å². The van der Waals surface area contributed by atoms with Crippen LogP contribution < -0.4 is 10.5 Å². The van der Waals surface area contributed by atoms with Gasteiger partial charge in [0.1, 0.15) is 5.75 Å². The molecule has 0 aliphatic heterocycles. The highest BCUT2D eigenvalue weighted by Gasteiger charge is 2.08. The molecular weight excluding hydrogens is 320 g/mol. The molecule has 0 aliphatic rings. The fraction of sp³-hybridized carbons (Fsp3) is 0.105. The number of ether oxygens (including phenoxy) is 1. The minimum atomic E-state index is -0.559. The van der Waals surface area contributed by atoms with E-state index in [0.29, 0.717) is 11.3 Å². The van der Waals surface area contributed by atoms with Gasteiger partial charge in [-0.3, -0.25) is 4.79 Å². The van der Waals surface area contributed by atoms with E-state index in [2.05, 4.69) is 5.10 Å². The van der Waals surface area contributed by atoms with E-state index >= 15 is 0 Å². The highest BCUT2D eigenvalue weighted by atomic mass is 16.5. The molecule has 0 bridgehead atoms. The smallest absolute Gasteiger partial charge is 0.441 e. The van der Waals surface area contributed by atoms with Crippen LogP contribution in [-0.4, -0.2) is 22.7 Å². The first kappa shape index (κ1) is 16.4. The van der Waals surface area contributed by atoms with E-state index in [-0.39, 0.29) is 11.7 Å². The molecule has 0 N–H and O–H groups in total. The Morgan fingerprint density at radius 1 is 1.12 bits per heavy atom. The summed E-state index contributed by atoms with van der Waals surface area (Å²) in [5, 5.41) is 3.97. The fourth-order valence-corrected chi connectivity index (χ4v) is 2.28. The molecule has 0 spiro atoms. The molecule has 25 heavy (non-hydrogen) atoms. The summed E-state index contributed by atoms with van der Waals surface area (Å²) in [7, 11) is 1.60. The van der Waals surface area contributed by atoms with Crippen molar-refractivity contribution in [2.75, 3.05) is 7.11 Å². The molecule has 0 fully saturated rings. The molecule has 3 aromatic rings. The number of nitrogens with zero attached hydrogens (tertiary/aromatic N) is 2. The van der Waals surface area contributed by atoms with Crippen molar-refractivity contribution in [3.8, 4) is 11.4 Å². The highest BCUT2D eigenvalue weighted by molar-refractivity contribution is 6.06. The molecular formula is C19H16N2O4. The monoisotopic (exact) mass is 336 g/mol. The van der Waals surface area contributed by atoms with E-state index in [1.807, 2.05) is 24.3 Å². The van der Waals surface area contributed by atoms with Gasteiger partial charge in [0.2, 0.25) is 5.89 Å². The molecule has 0 unspecified atom stereocenters. The van der Waals surface area contributed by atoms with Crippen molar-refractivity contribution in [2.45, 2.75) is 6.92 Å². The average Bonchev–Trinajstić information content (AvgIpc) is 2.98. The summed E-state index contributed by atoms with van der Waals surface area (Å²) >= 11 is 0. The number of rotatable bonds is 5. The Morgan fingerprint density at radius 2 is 1.80 bits per heavy atom. The third-order valence-corrected chi connectivity index (χ3v) is 3.59. The average molecular weight is 336 g/mol. The molecule has 1 aromatic heterocycles. The van der Waals surface area contributed by atoms with Crippen molar-refractivity contribution in [1.82, 2.24) is 9.78 Å². The van der Waals surface area contributed by atoms with Gasteiger partial charge in [0.05, 0.1) is 12.8 Å². The minimum Gasteiger partial charge on any atom is -0.497 e. The molecule has 0 saturated carbocycles. The van der Waals surface area contributed by atoms with E-state index in [1.54, 1.807) is 44.4 Å². The van der Waals surface area contributed by atoms with E-state index in [0.717, 1.165) is 16.0 Å². The lowest BCUT2D eigenvalue weighted by Crippen LogP contribution is -2.13. The summed E-state index contributed by atoms with van der Waals surface area (Å²) in [6.45, 7) is 1.60. The Bertz CT molecular complexity index is 964. The van der Waals surface area contributed by atoms with Crippen LogP contribution in [0.2, 0.25) is 0 Å². The summed E-state index contributed by atoms with van der Waals surface area (Å²) in [4.78, 5) is 23.9. The standard InChI is InChI=1S/C19H16N2O4/c1-13-20-21(19(23)25-13)16-8-6-15(7-9-16)18(22)12-5-14-3-10-17(24-2)11-4-14/h3-12H,1-2H3/b12-5+. The lowest BCUT2D eigenvalue weighted by Gasteiger charge is -2.01. The zero-order valence-electron chi connectivity index (χ0n) is 13.8. The summed E-state index contributed by atoms with van der Waals surface area (Å²) in [6.07, 6.45) is 3.24. The Labute approximate surface area is 144 Å². The SMILES string of the molecule is COc1ccc(/C=C/C(=O)c2ccc(-n3nc(C)oc3=O)cc2)cc1. The molecule has 2 aromatic carbocycles. The van der Waals surface area contributed by atoms with Crippen molar-refractivity contribution in [1.29, 1.82) is 0 Å². The van der Waals surface area contributed by atoms with Crippen molar-refractivity contribution < 1.29 is 13.9 Å². The molecule has 3 rings (SSSR count). The van der Waals surface area contributed by atoms with E-state index in [1.165, 1.54) is 6.08 Å². The summed E-state index contributed by atoms with van der Waals surface area (Å²) in [5.74, 6) is 0.354. The number of hydrogen-bond donors (Lipinski definition) is 0. The summed E-state index contributed by atoms with van der Waals surface area (Å²) < 4.78 is 11.1. The predicted octanol–water partition coefficient (Wildman–Crippen LogP) is 3.04. The van der Waals surface area contributed by atoms with Crippen molar-refractivity contribution >= 4 is 11.9 Å². The van der Waals surface area contributed by atoms with Gasteiger partial charge in [0.25, 0.3) is 0 Å². The first-order chi connectivity index (χ1) is 12.1. The molecule has 6 nitrogen and oxygen atoms in total. The van der Waals surface area contributed by atoms with E-state index in [4.69, 9.17) is 9.15 Å². The maximum atomic E-state index is 12.2. The molecule has 1 heterocycles. The van der Waals surface area contributed by atoms with Gasteiger partial charge in [-0.05, 0) is 48.0 Å². The Balaban J connectivity index is 1.75. The van der Waals surface area contributed by atoms with Crippen LogP contribution in [0.25, 0.3) is 11.8 Å². The van der Waals surface area contributed by atoms with Gasteiger partial charge in [0.15, 0.2) is 5.78 Å². The Kier molecular flexibility index (Phi) is 4.61. The van der Waals surface area contributed by atoms with Gasteiger partial charge < -0.3 is 9.15 Å². The zero-order chi connectivity index (χ0) is 17.8. The Hall–Kier alpha value is -3.41. The van der Waals surface area contributed by atoms with Crippen LogP contribution in [-0.2, 0) is 0 Å². The third-order valence-electron chi connectivity index (χ3n) is 3.59. The fourth-order valence-electron chi connectivity index (χ4n) is 2.28. The minimum absolute atomic E-state index is 0.133. The summed E-state index contributed by atoms with van der Waals surface area (Å²) in [5.41, 5.74) is 1.95. The van der Waals surface area contributed by atoms with Gasteiger partial charge >= 0.3 is 5.76 Å². The maximum absolute atomic E-state index is 12.2. The zero-order valence-corrected chi connectivity index (χ0v) is 13.8. The lowest BCUT2D eigenvalue weighted by molar-refractivity contribution is 0.104. The van der Waals surface area contributed by atoms with Gasteiger partial charge in [-0.2, -0.15) is 4.68 Å². The number of carbonyl (C=O) groups is 1. The molecule has 6 heteroatoms. The number of aromatic nitrogens is 2. The van der Waals surface area contributed by atoms with Crippen molar-refractivity contribution in [3.63, 3.8) is 0 Å². The topological polar surface area (TPSA) is 74.3 Å². The number of ketones is 1. The van der Waals surface area contributed by atoms with Crippen LogP contribution in [0.3, 0.4) is 0 Å². The van der Waals surface area contributed by atoms with Crippen LogP contribution in [0.5, 0.6) is 5.75 Å². The van der Waals surface area contributed by atoms with E-state index < -0.39 is 5.76 Å². The molecule has 0 aliphatic carbocycles. The van der Waals surface area contributed by atoms with Crippen LogP contribution in [0, 0.1) is 6.92 Å². The number of methoxy groups -OCH3 is 1. The van der Waals surface area contributed by atoms with Gasteiger partial charge in [0, 0.05) is 12.5 Å². The van der Waals surface area contributed by atoms with Gasteiger partial charge in [-0.25, -0.2) is 4.79 Å². The second-order valence-electron chi connectivity index (χ2n) is 5.32. The normalized spacial score (nSPS) is 11.0. The van der Waals surface area contributed by atoms with E-state index in [9.17, 15) is 9.59 Å². The lowest BCUT2D eigenvalue weighted by atomic mass is 10.1. The number of aryl methyl sites for hydroxylation is 1. The molecule has 0 amide bonds. The van der Waals surface area contributed by atoms with Crippen LogP contribution in [0.1, 0.15) is 21.8 Å². The predicted molar refractivity (Wildman–Crippen MR) is 93.2 cm³/mol. The quantitative estimate of drug-likeness (QED) is 0.529. The molecule has 126 valence electrons. The first-order valence-electron chi connectivity index (χ1n) is 7.60. The number of hydrogen-bond acceptors (Lipinski definition) is 5. The molecule has 0 radical (unpaired) electrons. The number of allylic oxidation sites excluding steroid dienone is 1. The van der Waals surface area contributed by atoms with Crippen LogP contribution >= 0.6 is 0 Å². The number of carbonyl (C=O) groups excluding carboxylic acids is 1. The maximum Gasteiger partial charge on any atom is 0.441 e.